The molecule has 0 bridgehead atoms. The molecular formula is C14H20N2O. The van der Waals surface area contributed by atoms with E-state index in [-0.39, 0.29) is 11.3 Å². The van der Waals surface area contributed by atoms with Crippen LogP contribution in [-0.4, -0.2) is 26.0 Å². The molecule has 2 rings (SSSR count). The second-order valence-corrected chi connectivity index (χ2v) is 5.14. The van der Waals surface area contributed by atoms with Crippen molar-refractivity contribution < 1.29 is 4.79 Å². The van der Waals surface area contributed by atoms with E-state index in [9.17, 15) is 4.79 Å². The van der Waals surface area contributed by atoms with Gasteiger partial charge in [-0.2, -0.15) is 0 Å². The number of aryl methyl sites for hydroxylation is 1. The van der Waals surface area contributed by atoms with E-state index >= 15 is 0 Å². The summed E-state index contributed by atoms with van der Waals surface area (Å²) in [5.41, 5.74) is 1.89. The van der Waals surface area contributed by atoms with Crippen molar-refractivity contribution in [2.24, 2.45) is 5.41 Å². The molecule has 1 atom stereocenters. The Morgan fingerprint density at radius 3 is 2.71 bits per heavy atom. The lowest BCUT2D eigenvalue weighted by molar-refractivity contribution is -0.126. The van der Waals surface area contributed by atoms with Crippen molar-refractivity contribution in [2.75, 3.05) is 25.0 Å². The number of hydrogen-bond acceptors (Lipinski definition) is 2. The molecule has 1 fully saturated rings. The van der Waals surface area contributed by atoms with Crippen LogP contribution in [0.4, 0.5) is 5.69 Å². The second kappa shape index (κ2) is 4.49. The monoisotopic (exact) mass is 232 g/mol. The van der Waals surface area contributed by atoms with Crippen molar-refractivity contribution >= 4 is 11.6 Å². The Kier molecular flexibility index (Phi) is 3.20. The van der Waals surface area contributed by atoms with Gasteiger partial charge in [-0.3, -0.25) is 4.79 Å². The minimum Gasteiger partial charge on any atom is -0.316 e. The number of nitrogens with zero attached hydrogens (tertiary/aromatic N) is 1. The van der Waals surface area contributed by atoms with Gasteiger partial charge in [-0.1, -0.05) is 18.2 Å². The molecule has 92 valence electrons. The number of anilines is 1. The molecule has 1 unspecified atom stereocenters. The maximum Gasteiger partial charge on any atom is 0.234 e. The summed E-state index contributed by atoms with van der Waals surface area (Å²) in [6, 6.07) is 8.00. The molecule has 1 aromatic rings. The van der Waals surface area contributed by atoms with Gasteiger partial charge < -0.3 is 10.2 Å². The van der Waals surface area contributed by atoms with Gasteiger partial charge in [-0.15, -0.1) is 0 Å². The minimum atomic E-state index is -0.253. The fraction of sp³-hybridized carbons (Fsp3) is 0.500. The Morgan fingerprint density at radius 2 is 2.12 bits per heavy atom. The zero-order valence-electron chi connectivity index (χ0n) is 10.8. The number of rotatable bonds is 2. The predicted molar refractivity (Wildman–Crippen MR) is 70.2 cm³/mol. The van der Waals surface area contributed by atoms with E-state index in [1.165, 1.54) is 0 Å². The molecule has 0 radical (unpaired) electrons. The van der Waals surface area contributed by atoms with E-state index in [4.69, 9.17) is 0 Å². The largest absolute Gasteiger partial charge is 0.316 e. The lowest BCUT2D eigenvalue weighted by atomic mass is 9.88. The van der Waals surface area contributed by atoms with Crippen molar-refractivity contribution in [2.45, 2.75) is 20.3 Å². The standard InChI is InChI=1S/C14H20N2O/c1-11-6-4-5-7-12(11)16(3)13(17)14(2)8-9-15-10-14/h4-7,15H,8-10H2,1-3H3. The van der Waals surface area contributed by atoms with Crippen LogP contribution >= 0.6 is 0 Å². The maximum absolute atomic E-state index is 12.5. The Balaban J connectivity index is 2.23. The van der Waals surface area contributed by atoms with Gasteiger partial charge in [0.05, 0.1) is 5.41 Å². The lowest BCUT2D eigenvalue weighted by Crippen LogP contribution is -2.42. The number of nitrogens with one attached hydrogen (secondary N) is 1. The Hall–Kier alpha value is -1.35. The molecule has 0 aliphatic carbocycles. The van der Waals surface area contributed by atoms with Gasteiger partial charge in [-0.05, 0) is 38.4 Å². The third-order valence-corrected chi connectivity index (χ3v) is 3.67. The second-order valence-electron chi connectivity index (χ2n) is 5.14. The highest BCUT2D eigenvalue weighted by Gasteiger charge is 2.38. The number of carbonyl (C=O) groups excluding carboxylic acids is 1. The smallest absolute Gasteiger partial charge is 0.234 e. The third-order valence-electron chi connectivity index (χ3n) is 3.67. The molecule has 3 heteroatoms. The average molecular weight is 232 g/mol. The summed E-state index contributed by atoms with van der Waals surface area (Å²) in [5.74, 6) is 0.205. The van der Waals surface area contributed by atoms with Gasteiger partial charge in [0.2, 0.25) is 5.91 Å². The Morgan fingerprint density at radius 1 is 1.41 bits per heavy atom. The quantitative estimate of drug-likeness (QED) is 0.845. The Bertz CT molecular complexity index is 422. The molecule has 1 saturated heterocycles. The summed E-state index contributed by atoms with van der Waals surface area (Å²) in [7, 11) is 1.87. The van der Waals surface area contributed by atoms with Crippen molar-refractivity contribution in [1.29, 1.82) is 0 Å². The van der Waals surface area contributed by atoms with Crippen molar-refractivity contribution in [3.8, 4) is 0 Å². The summed E-state index contributed by atoms with van der Waals surface area (Å²) in [6.07, 6.45) is 0.919. The lowest BCUT2D eigenvalue weighted by Gasteiger charge is -2.29. The van der Waals surface area contributed by atoms with Crippen LogP contribution in [0, 0.1) is 12.3 Å². The molecule has 0 saturated carbocycles. The van der Waals surface area contributed by atoms with Crippen molar-refractivity contribution in [3.05, 3.63) is 29.8 Å². The van der Waals surface area contributed by atoms with Crippen LogP contribution in [0.5, 0.6) is 0 Å². The van der Waals surface area contributed by atoms with Crippen molar-refractivity contribution in [3.63, 3.8) is 0 Å². The van der Waals surface area contributed by atoms with Gasteiger partial charge in [0, 0.05) is 19.3 Å². The van der Waals surface area contributed by atoms with Gasteiger partial charge in [0.1, 0.15) is 0 Å². The van der Waals surface area contributed by atoms with Gasteiger partial charge in [-0.25, -0.2) is 0 Å². The summed E-state index contributed by atoms with van der Waals surface area (Å²) < 4.78 is 0. The zero-order chi connectivity index (χ0) is 12.5. The predicted octanol–water partition coefficient (Wildman–Crippen LogP) is 1.96. The highest BCUT2D eigenvalue weighted by Crippen LogP contribution is 2.30. The normalized spacial score (nSPS) is 23.7. The van der Waals surface area contributed by atoms with Crippen molar-refractivity contribution in [1.82, 2.24) is 5.32 Å². The zero-order valence-corrected chi connectivity index (χ0v) is 10.8. The summed E-state index contributed by atoms with van der Waals surface area (Å²) in [5, 5.41) is 3.27. The fourth-order valence-corrected chi connectivity index (χ4v) is 2.45. The number of hydrogen-bond donors (Lipinski definition) is 1. The fourth-order valence-electron chi connectivity index (χ4n) is 2.45. The van der Waals surface area contributed by atoms with E-state index in [0.717, 1.165) is 30.8 Å². The highest BCUT2D eigenvalue weighted by atomic mass is 16.2. The third kappa shape index (κ3) is 2.20. The summed E-state index contributed by atoms with van der Waals surface area (Å²) in [6.45, 7) is 5.80. The van der Waals surface area contributed by atoms with Gasteiger partial charge in [0.25, 0.3) is 0 Å². The molecule has 1 aliphatic heterocycles. The van der Waals surface area contributed by atoms with Crippen LogP contribution < -0.4 is 10.2 Å². The minimum absolute atomic E-state index is 0.205. The van der Waals surface area contributed by atoms with E-state index in [1.54, 1.807) is 4.90 Å². The van der Waals surface area contributed by atoms with E-state index in [1.807, 2.05) is 45.2 Å². The first-order valence-electron chi connectivity index (χ1n) is 6.09. The number of carbonyl (C=O) groups is 1. The van der Waals surface area contributed by atoms with Crippen LogP contribution in [0.1, 0.15) is 18.9 Å². The number of amides is 1. The van der Waals surface area contributed by atoms with Crippen LogP contribution in [-0.2, 0) is 4.79 Å². The topological polar surface area (TPSA) is 32.3 Å². The molecule has 3 nitrogen and oxygen atoms in total. The summed E-state index contributed by atoms with van der Waals surface area (Å²) >= 11 is 0. The first-order chi connectivity index (χ1) is 8.04. The molecule has 17 heavy (non-hydrogen) atoms. The van der Waals surface area contributed by atoms with Crippen LogP contribution in [0.2, 0.25) is 0 Å². The van der Waals surface area contributed by atoms with E-state index in [0.29, 0.717) is 0 Å². The molecule has 1 N–H and O–H groups in total. The molecule has 1 amide bonds. The molecule has 1 aliphatic rings. The molecule has 0 spiro atoms. The SMILES string of the molecule is Cc1ccccc1N(C)C(=O)C1(C)CCNC1. The van der Waals surface area contributed by atoms with Crippen LogP contribution in [0.25, 0.3) is 0 Å². The first kappa shape index (κ1) is 12.1. The molecule has 1 aromatic carbocycles. The maximum atomic E-state index is 12.5. The molecular weight excluding hydrogens is 212 g/mol. The Labute approximate surface area is 103 Å². The molecule has 1 heterocycles. The summed E-state index contributed by atoms with van der Waals surface area (Å²) in [4.78, 5) is 14.3. The number of benzene rings is 1. The first-order valence-corrected chi connectivity index (χ1v) is 6.09. The molecule has 0 aromatic heterocycles. The highest BCUT2D eigenvalue weighted by molar-refractivity contribution is 5.97. The average Bonchev–Trinajstić information content (AvgIpc) is 2.76. The van der Waals surface area contributed by atoms with Gasteiger partial charge in [0.15, 0.2) is 0 Å². The van der Waals surface area contributed by atoms with Crippen LogP contribution in [0.3, 0.4) is 0 Å². The van der Waals surface area contributed by atoms with Gasteiger partial charge >= 0.3 is 0 Å². The van der Waals surface area contributed by atoms with Crippen LogP contribution in [0.15, 0.2) is 24.3 Å². The van der Waals surface area contributed by atoms with E-state index in [2.05, 4.69) is 5.32 Å². The number of para-hydroxylation sites is 1. The van der Waals surface area contributed by atoms with E-state index < -0.39 is 0 Å².